The lowest BCUT2D eigenvalue weighted by Gasteiger charge is -2.21. The molecule has 0 aliphatic rings. The van der Waals surface area contributed by atoms with Gasteiger partial charge in [-0.25, -0.2) is 4.79 Å². The highest BCUT2D eigenvalue weighted by Gasteiger charge is 2.15. The second-order valence-electron chi connectivity index (χ2n) is 4.82. The zero-order chi connectivity index (χ0) is 15.5. The van der Waals surface area contributed by atoms with Gasteiger partial charge in [0.2, 0.25) is 5.91 Å². The highest BCUT2D eigenvalue weighted by atomic mass is 16.4. The van der Waals surface area contributed by atoms with Gasteiger partial charge in [0.25, 0.3) is 0 Å². The Morgan fingerprint density at radius 2 is 1.85 bits per heavy atom. The average Bonchev–Trinajstić information content (AvgIpc) is 2.33. The second kappa shape index (κ2) is 10.1. The molecular formula is C13H25N3O4. The van der Waals surface area contributed by atoms with Crippen molar-refractivity contribution in [1.82, 2.24) is 15.5 Å². The first-order valence-corrected chi connectivity index (χ1v) is 6.90. The van der Waals surface area contributed by atoms with Crippen LogP contribution in [-0.4, -0.2) is 53.6 Å². The van der Waals surface area contributed by atoms with Crippen molar-refractivity contribution in [3.05, 3.63) is 0 Å². The number of likely N-dealkylation sites (N-methyl/N-ethyl adjacent to an activating group) is 1. The van der Waals surface area contributed by atoms with Crippen molar-refractivity contribution in [3.8, 4) is 0 Å². The molecule has 0 rings (SSSR count). The predicted octanol–water partition coefficient (Wildman–Crippen LogP) is 0.797. The molecule has 20 heavy (non-hydrogen) atoms. The number of carbonyl (C=O) groups is 3. The Bertz CT molecular complexity index is 332. The molecule has 0 aromatic rings. The van der Waals surface area contributed by atoms with Crippen LogP contribution in [0.5, 0.6) is 0 Å². The van der Waals surface area contributed by atoms with Crippen molar-refractivity contribution in [2.24, 2.45) is 0 Å². The Morgan fingerprint density at radius 1 is 1.20 bits per heavy atom. The Hall–Kier alpha value is -1.79. The van der Waals surface area contributed by atoms with E-state index in [1.807, 2.05) is 13.8 Å². The number of unbranched alkanes of at least 4 members (excludes halogenated alkanes) is 1. The normalized spacial score (nSPS) is 10.2. The standard InChI is InChI=1S/C13H25N3O4/c1-4-16(9-11(17)15-10(2)3)13(20)14-8-6-5-7-12(18)19/h10H,4-9H2,1-3H3,(H,14,20)(H,15,17)(H,18,19). The molecule has 0 spiro atoms. The second-order valence-corrected chi connectivity index (χ2v) is 4.82. The van der Waals surface area contributed by atoms with Gasteiger partial charge in [-0.3, -0.25) is 9.59 Å². The van der Waals surface area contributed by atoms with E-state index in [4.69, 9.17) is 5.11 Å². The molecule has 116 valence electrons. The Kier molecular flexibility index (Phi) is 9.15. The van der Waals surface area contributed by atoms with E-state index in [2.05, 4.69) is 10.6 Å². The number of carboxylic acids is 1. The Balaban J connectivity index is 3.96. The van der Waals surface area contributed by atoms with Gasteiger partial charge in [0.1, 0.15) is 6.54 Å². The largest absolute Gasteiger partial charge is 0.481 e. The average molecular weight is 287 g/mol. The SMILES string of the molecule is CCN(CC(=O)NC(C)C)C(=O)NCCCCC(=O)O. The number of hydrogen-bond donors (Lipinski definition) is 3. The topological polar surface area (TPSA) is 98.7 Å². The highest BCUT2D eigenvalue weighted by molar-refractivity contribution is 5.84. The maximum absolute atomic E-state index is 11.8. The van der Waals surface area contributed by atoms with Crippen LogP contribution in [0.25, 0.3) is 0 Å². The van der Waals surface area contributed by atoms with E-state index in [0.29, 0.717) is 25.9 Å². The Labute approximate surface area is 119 Å². The molecule has 0 aromatic heterocycles. The van der Waals surface area contributed by atoms with Crippen LogP contribution in [0.3, 0.4) is 0 Å². The number of amides is 3. The van der Waals surface area contributed by atoms with Gasteiger partial charge < -0.3 is 20.6 Å². The Morgan fingerprint density at radius 3 is 2.35 bits per heavy atom. The van der Waals surface area contributed by atoms with Crippen molar-refractivity contribution in [3.63, 3.8) is 0 Å². The highest BCUT2D eigenvalue weighted by Crippen LogP contribution is 1.95. The minimum Gasteiger partial charge on any atom is -0.481 e. The number of hydrogen-bond acceptors (Lipinski definition) is 3. The van der Waals surface area contributed by atoms with Gasteiger partial charge >= 0.3 is 12.0 Å². The molecule has 0 heterocycles. The number of rotatable bonds is 9. The van der Waals surface area contributed by atoms with Crippen molar-refractivity contribution >= 4 is 17.9 Å². The quantitative estimate of drug-likeness (QED) is 0.546. The van der Waals surface area contributed by atoms with E-state index in [-0.39, 0.29) is 30.9 Å². The van der Waals surface area contributed by atoms with Gasteiger partial charge in [0.05, 0.1) is 0 Å². The molecule has 0 aliphatic carbocycles. The lowest BCUT2D eigenvalue weighted by molar-refractivity contribution is -0.137. The summed E-state index contributed by atoms with van der Waals surface area (Å²) < 4.78 is 0. The molecule has 0 atom stereocenters. The molecular weight excluding hydrogens is 262 g/mol. The molecule has 0 bridgehead atoms. The summed E-state index contributed by atoms with van der Waals surface area (Å²) in [5.41, 5.74) is 0. The molecule has 7 nitrogen and oxygen atoms in total. The van der Waals surface area contributed by atoms with E-state index >= 15 is 0 Å². The third-order valence-electron chi connectivity index (χ3n) is 2.55. The molecule has 0 aromatic carbocycles. The van der Waals surface area contributed by atoms with E-state index in [9.17, 15) is 14.4 Å². The van der Waals surface area contributed by atoms with Gasteiger partial charge in [-0.2, -0.15) is 0 Å². The van der Waals surface area contributed by atoms with Gasteiger partial charge in [-0.15, -0.1) is 0 Å². The number of aliphatic carboxylic acids is 1. The van der Waals surface area contributed by atoms with Crippen LogP contribution in [0.1, 0.15) is 40.0 Å². The maximum atomic E-state index is 11.8. The van der Waals surface area contributed by atoms with Gasteiger partial charge in [0, 0.05) is 25.6 Å². The summed E-state index contributed by atoms with van der Waals surface area (Å²) in [6.45, 7) is 6.39. The van der Waals surface area contributed by atoms with Crippen molar-refractivity contribution in [2.75, 3.05) is 19.6 Å². The van der Waals surface area contributed by atoms with Crippen LogP contribution in [0, 0.1) is 0 Å². The minimum atomic E-state index is -0.836. The molecule has 7 heteroatoms. The summed E-state index contributed by atoms with van der Waals surface area (Å²) in [5, 5.41) is 13.9. The smallest absolute Gasteiger partial charge is 0.317 e. The first-order valence-electron chi connectivity index (χ1n) is 6.90. The molecule has 0 saturated carbocycles. The summed E-state index contributed by atoms with van der Waals surface area (Å²) in [4.78, 5) is 35.1. The monoisotopic (exact) mass is 287 g/mol. The predicted molar refractivity (Wildman–Crippen MR) is 75.4 cm³/mol. The molecule has 0 fully saturated rings. The molecule has 3 amide bonds. The van der Waals surface area contributed by atoms with Crippen molar-refractivity contribution in [2.45, 2.75) is 46.1 Å². The van der Waals surface area contributed by atoms with Crippen molar-refractivity contribution in [1.29, 1.82) is 0 Å². The maximum Gasteiger partial charge on any atom is 0.317 e. The van der Waals surface area contributed by atoms with Gasteiger partial charge in [-0.05, 0) is 33.6 Å². The van der Waals surface area contributed by atoms with E-state index in [0.717, 1.165) is 0 Å². The number of carbonyl (C=O) groups excluding carboxylic acids is 2. The summed E-state index contributed by atoms with van der Waals surface area (Å²) >= 11 is 0. The van der Waals surface area contributed by atoms with Crippen LogP contribution in [0.4, 0.5) is 4.79 Å². The third-order valence-corrected chi connectivity index (χ3v) is 2.55. The first-order chi connectivity index (χ1) is 9.36. The van der Waals surface area contributed by atoms with E-state index in [1.54, 1.807) is 6.92 Å². The zero-order valence-corrected chi connectivity index (χ0v) is 12.4. The van der Waals surface area contributed by atoms with E-state index in [1.165, 1.54) is 4.90 Å². The lowest BCUT2D eigenvalue weighted by Crippen LogP contribution is -2.46. The molecule has 0 aliphatic heterocycles. The van der Waals surface area contributed by atoms with Crippen LogP contribution >= 0.6 is 0 Å². The van der Waals surface area contributed by atoms with Crippen LogP contribution in [0.15, 0.2) is 0 Å². The summed E-state index contributed by atoms with van der Waals surface area (Å²) in [6, 6.07) is -0.262. The van der Waals surface area contributed by atoms with Crippen molar-refractivity contribution < 1.29 is 19.5 Å². The fourth-order valence-electron chi connectivity index (χ4n) is 1.58. The number of carboxylic acid groups (broad SMARTS) is 1. The van der Waals surface area contributed by atoms with Gasteiger partial charge in [-0.1, -0.05) is 0 Å². The van der Waals surface area contributed by atoms with Crippen LogP contribution < -0.4 is 10.6 Å². The summed E-state index contributed by atoms with van der Waals surface area (Å²) in [5.74, 6) is -1.03. The molecule has 3 N–H and O–H groups in total. The van der Waals surface area contributed by atoms with Crippen LogP contribution in [-0.2, 0) is 9.59 Å². The van der Waals surface area contributed by atoms with Crippen LogP contribution in [0.2, 0.25) is 0 Å². The lowest BCUT2D eigenvalue weighted by atomic mass is 10.2. The fraction of sp³-hybridized carbons (Fsp3) is 0.769. The number of nitrogens with one attached hydrogen (secondary N) is 2. The number of nitrogens with zero attached hydrogens (tertiary/aromatic N) is 1. The summed E-state index contributed by atoms with van der Waals surface area (Å²) in [7, 11) is 0. The molecule has 0 radical (unpaired) electrons. The summed E-state index contributed by atoms with van der Waals surface area (Å²) in [6.07, 6.45) is 1.23. The third kappa shape index (κ3) is 9.18. The van der Waals surface area contributed by atoms with E-state index < -0.39 is 5.97 Å². The zero-order valence-electron chi connectivity index (χ0n) is 12.4. The molecule has 0 saturated heterocycles. The minimum absolute atomic E-state index is 0.0235. The van der Waals surface area contributed by atoms with Gasteiger partial charge in [0.15, 0.2) is 0 Å². The number of urea groups is 1. The molecule has 0 unspecified atom stereocenters. The fourth-order valence-corrected chi connectivity index (χ4v) is 1.58. The first kappa shape index (κ1) is 18.2.